The molecule has 1 saturated heterocycles. The smallest absolute Gasteiger partial charge is 0.215 e. The van der Waals surface area contributed by atoms with E-state index in [1.807, 2.05) is 30.3 Å². The number of rotatable bonds is 5. The first-order chi connectivity index (χ1) is 16.6. The Morgan fingerprint density at radius 2 is 1.79 bits per heavy atom. The van der Waals surface area contributed by atoms with Gasteiger partial charge >= 0.3 is 0 Å². The topological polar surface area (TPSA) is 104 Å². The van der Waals surface area contributed by atoms with Gasteiger partial charge in [-0.05, 0) is 41.5 Å². The average Bonchev–Trinajstić information content (AvgIpc) is 2.90. The van der Waals surface area contributed by atoms with Crippen molar-refractivity contribution in [2.24, 2.45) is 0 Å². The average molecular weight is 452 g/mol. The van der Waals surface area contributed by atoms with Crippen LogP contribution in [0.5, 0.6) is 5.75 Å². The monoisotopic (exact) mass is 451 g/mol. The van der Waals surface area contributed by atoms with Crippen molar-refractivity contribution in [2.75, 3.05) is 30.3 Å². The Bertz CT molecular complexity index is 1310. The molecule has 0 bridgehead atoms. The van der Waals surface area contributed by atoms with Crippen LogP contribution >= 0.6 is 0 Å². The number of aromatic nitrogens is 2. The molecule has 1 atom stereocenters. The van der Waals surface area contributed by atoms with Crippen LogP contribution in [0.25, 0.3) is 11.1 Å². The number of anilines is 2. The van der Waals surface area contributed by atoms with Crippen LogP contribution < -0.4 is 16.0 Å². The number of piperazine rings is 1. The van der Waals surface area contributed by atoms with E-state index >= 15 is 0 Å². The number of nitrogens with one attached hydrogen (secondary N) is 1. The van der Waals surface area contributed by atoms with Crippen LogP contribution in [0.3, 0.4) is 0 Å². The zero-order valence-corrected chi connectivity index (χ0v) is 18.6. The fraction of sp³-hybridized carbons (Fsp3) is 0.148. The lowest BCUT2D eigenvalue weighted by molar-refractivity contribution is 0.103. The number of nitrogens with two attached hydrogens (primary N) is 1. The molecule has 4 N–H and O–H groups in total. The van der Waals surface area contributed by atoms with Crippen LogP contribution in [0.15, 0.2) is 85.1 Å². The highest BCUT2D eigenvalue weighted by molar-refractivity contribution is 6.11. The summed E-state index contributed by atoms with van der Waals surface area (Å²) in [5.74, 6) is 0.814. The second-order valence-electron chi connectivity index (χ2n) is 8.28. The second kappa shape index (κ2) is 9.33. The quantitative estimate of drug-likeness (QED) is 0.396. The minimum absolute atomic E-state index is 0.158. The Labute approximate surface area is 197 Å². The zero-order valence-electron chi connectivity index (χ0n) is 18.6. The van der Waals surface area contributed by atoms with E-state index in [9.17, 15) is 9.90 Å². The number of carbonyl (C=O) groups excluding carboxylic acids is 1. The maximum atomic E-state index is 13.4. The summed E-state index contributed by atoms with van der Waals surface area (Å²) in [4.78, 5) is 24.5. The first-order valence-electron chi connectivity index (χ1n) is 11.2. The number of hydrogen-bond acceptors (Lipinski definition) is 7. The molecule has 1 aliphatic rings. The predicted molar refractivity (Wildman–Crippen MR) is 133 cm³/mol. The van der Waals surface area contributed by atoms with E-state index in [-0.39, 0.29) is 23.4 Å². The molecule has 2 aromatic carbocycles. The van der Waals surface area contributed by atoms with Gasteiger partial charge < -0.3 is 21.1 Å². The van der Waals surface area contributed by atoms with Crippen molar-refractivity contribution < 1.29 is 9.90 Å². The van der Waals surface area contributed by atoms with Crippen LogP contribution in [0.2, 0.25) is 0 Å². The molecule has 7 nitrogen and oxygen atoms in total. The lowest BCUT2D eigenvalue weighted by Crippen LogP contribution is -2.46. The summed E-state index contributed by atoms with van der Waals surface area (Å²) in [6, 6.07) is 24.4. The SMILES string of the molecule is Nc1ncc(-c2ccc(O)cc2)cc1C(=O)c1cccc(N2CCNC(c3ccccc3)C2)n1. The summed E-state index contributed by atoms with van der Waals surface area (Å²) in [6.45, 7) is 2.38. The van der Waals surface area contributed by atoms with Crippen LogP contribution in [-0.4, -0.2) is 40.5 Å². The number of phenolic OH excluding ortho intramolecular Hbond substituents is 1. The van der Waals surface area contributed by atoms with Gasteiger partial charge in [-0.2, -0.15) is 0 Å². The van der Waals surface area contributed by atoms with Crippen molar-refractivity contribution in [3.05, 3.63) is 102 Å². The number of phenols is 1. The van der Waals surface area contributed by atoms with Crippen LogP contribution in [0.4, 0.5) is 11.6 Å². The minimum Gasteiger partial charge on any atom is -0.508 e. The van der Waals surface area contributed by atoms with Gasteiger partial charge in [-0.15, -0.1) is 0 Å². The van der Waals surface area contributed by atoms with Crippen molar-refractivity contribution in [1.29, 1.82) is 0 Å². The van der Waals surface area contributed by atoms with Crippen LogP contribution in [-0.2, 0) is 0 Å². The molecule has 1 aliphatic heterocycles. The van der Waals surface area contributed by atoms with Crippen molar-refractivity contribution in [3.8, 4) is 16.9 Å². The van der Waals surface area contributed by atoms with Crippen molar-refractivity contribution in [2.45, 2.75) is 6.04 Å². The number of ketones is 1. The highest BCUT2D eigenvalue weighted by atomic mass is 16.3. The van der Waals surface area contributed by atoms with Gasteiger partial charge in [-0.3, -0.25) is 4.79 Å². The fourth-order valence-corrected chi connectivity index (χ4v) is 4.20. The molecule has 2 aromatic heterocycles. The highest BCUT2D eigenvalue weighted by Gasteiger charge is 2.23. The predicted octanol–water partition coefficient (Wildman–Crippen LogP) is 3.81. The Morgan fingerprint density at radius 3 is 2.59 bits per heavy atom. The number of carbonyl (C=O) groups is 1. The molecule has 1 unspecified atom stereocenters. The van der Waals surface area contributed by atoms with Gasteiger partial charge in [0.1, 0.15) is 23.1 Å². The summed E-state index contributed by atoms with van der Waals surface area (Å²) in [5, 5.41) is 13.1. The van der Waals surface area contributed by atoms with E-state index in [1.165, 1.54) is 5.56 Å². The maximum absolute atomic E-state index is 13.4. The fourth-order valence-electron chi connectivity index (χ4n) is 4.20. The van der Waals surface area contributed by atoms with Gasteiger partial charge in [0.25, 0.3) is 0 Å². The number of pyridine rings is 2. The molecule has 4 aromatic rings. The van der Waals surface area contributed by atoms with E-state index in [1.54, 1.807) is 42.6 Å². The summed E-state index contributed by atoms with van der Waals surface area (Å²) < 4.78 is 0. The Balaban J connectivity index is 1.41. The Morgan fingerprint density at radius 1 is 1.00 bits per heavy atom. The summed E-state index contributed by atoms with van der Waals surface area (Å²) in [6.07, 6.45) is 1.62. The standard InChI is InChI=1S/C27H25N5O2/c28-27-22(15-20(16-30-27)18-9-11-21(33)12-10-18)26(34)23-7-4-8-25(31-23)32-14-13-29-24(17-32)19-5-2-1-3-6-19/h1-12,15-16,24,29,33H,13-14,17H2,(H2,28,30). The summed E-state index contributed by atoms with van der Waals surface area (Å²) >= 11 is 0. The maximum Gasteiger partial charge on any atom is 0.215 e. The molecule has 1 fully saturated rings. The molecule has 0 radical (unpaired) electrons. The number of hydrogen-bond donors (Lipinski definition) is 3. The first kappa shape index (κ1) is 21.6. The van der Waals surface area contributed by atoms with E-state index in [2.05, 4.69) is 32.3 Å². The lowest BCUT2D eigenvalue weighted by Gasteiger charge is -2.35. The summed E-state index contributed by atoms with van der Waals surface area (Å²) in [5.41, 5.74) is 9.49. The van der Waals surface area contributed by atoms with E-state index < -0.39 is 0 Å². The Hall–Kier alpha value is -4.23. The number of aromatic hydroxyl groups is 1. The van der Waals surface area contributed by atoms with Gasteiger partial charge in [0.05, 0.1) is 5.56 Å². The molecule has 0 aliphatic carbocycles. The largest absolute Gasteiger partial charge is 0.508 e. The van der Waals surface area contributed by atoms with Crippen LogP contribution in [0, 0.1) is 0 Å². The molecule has 7 heteroatoms. The second-order valence-corrected chi connectivity index (χ2v) is 8.28. The van der Waals surface area contributed by atoms with Gasteiger partial charge in [-0.1, -0.05) is 48.5 Å². The third-order valence-corrected chi connectivity index (χ3v) is 6.03. The third-order valence-electron chi connectivity index (χ3n) is 6.03. The first-order valence-corrected chi connectivity index (χ1v) is 11.2. The van der Waals surface area contributed by atoms with E-state index in [0.29, 0.717) is 11.3 Å². The van der Waals surface area contributed by atoms with Crippen molar-refractivity contribution >= 4 is 17.4 Å². The molecule has 170 valence electrons. The molecule has 5 rings (SSSR count). The lowest BCUT2D eigenvalue weighted by atomic mass is 10.0. The van der Waals surface area contributed by atoms with Crippen molar-refractivity contribution in [1.82, 2.24) is 15.3 Å². The molecular weight excluding hydrogens is 426 g/mol. The van der Waals surface area contributed by atoms with Gasteiger partial charge in [-0.25, -0.2) is 9.97 Å². The van der Waals surface area contributed by atoms with Gasteiger partial charge in [0, 0.05) is 37.4 Å². The zero-order chi connectivity index (χ0) is 23.5. The van der Waals surface area contributed by atoms with E-state index in [0.717, 1.165) is 36.6 Å². The minimum atomic E-state index is -0.276. The number of benzene rings is 2. The molecular formula is C27H25N5O2. The van der Waals surface area contributed by atoms with E-state index in [4.69, 9.17) is 5.73 Å². The van der Waals surface area contributed by atoms with Gasteiger partial charge in [0.2, 0.25) is 5.78 Å². The Kier molecular flexibility index (Phi) is 5.93. The molecule has 34 heavy (non-hydrogen) atoms. The molecule has 3 heterocycles. The third kappa shape index (κ3) is 4.46. The molecule has 0 amide bonds. The number of nitrogen functional groups attached to an aromatic ring is 1. The number of nitrogens with zero attached hydrogens (tertiary/aromatic N) is 3. The normalized spacial score (nSPS) is 15.8. The molecule has 0 spiro atoms. The van der Waals surface area contributed by atoms with Gasteiger partial charge in [0.15, 0.2) is 0 Å². The highest BCUT2D eigenvalue weighted by Crippen LogP contribution is 2.26. The van der Waals surface area contributed by atoms with Crippen molar-refractivity contribution in [3.63, 3.8) is 0 Å². The van der Waals surface area contributed by atoms with Crippen LogP contribution in [0.1, 0.15) is 27.7 Å². The summed E-state index contributed by atoms with van der Waals surface area (Å²) in [7, 11) is 0. The molecule has 0 saturated carbocycles.